The molecular formula is C18H10ClFN2O2. The van der Waals surface area contributed by atoms with Gasteiger partial charge >= 0.3 is 5.97 Å². The molecule has 24 heavy (non-hydrogen) atoms. The van der Waals surface area contributed by atoms with Crippen molar-refractivity contribution in [1.29, 1.82) is 0 Å². The number of fused-ring (bicyclic) bond motifs is 2. The first kappa shape index (κ1) is 14.7. The molecule has 0 saturated heterocycles. The van der Waals surface area contributed by atoms with Gasteiger partial charge in [-0.1, -0.05) is 17.7 Å². The van der Waals surface area contributed by atoms with Crippen LogP contribution in [0.15, 0.2) is 48.7 Å². The number of benzene rings is 2. The van der Waals surface area contributed by atoms with Crippen molar-refractivity contribution in [3.8, 4) is 11.3 Å². The zero-order valence-corrected chi connectivity index (χ0v) is 12.9. The topological polar surface area (TPSA) is 66.0 Å². The molecule has 2 heterocycles. The maximum absolute atomic E-state index is 13.7. The van der Waals surface area contributed by atoms with E-state index < -0.39 is 11.8 Å². The van der Waals surface area contributed by atoms with Crippen LogP contribution in [0.5, 0.6) is 0 Å². The van der Waals surface area contributed by atoms with E-state index in [-0.39, 0.29) is 5.56 Å². The number of aromatic carboxylic acids is 1. The lowest BCUT2D eigenvalue weighted by Crippen LogP contribution is -1.98. The molecular weight excluding hydrogens is 331 g/mol. The number of carboxylic acid groups (broad SMARTS) is 1. The van der Waals surface area contributed by atoms with Crippen LogP contribution in [-0.2, 0) is 0 Å². The van der Waals surface area contributed by atoms with Crippen molar-refractivity contribution < 1.29 is 14.3 Å². The Labute approximate surface area is 140 Å². The van der Waals surface area contributed by atoms with E-state index in [1.165, 1.54) is 18.2 Å². The number of rotatable bonds is 2. The second kappa shape index (κ2) is 5.32. The maximum Gasteiger partial charge on any atom is 0.336 e. The Hall–Kier alpha value is -2.92. The van der Waals surface area contributed by atoms with E-state index in [2.05, 4.69) is 9.97 Å². The number of pyridine rings is 1. The molecule has 0 amide bonds. The number of aromatic amines is 1. The molecule has 4 aromatic rings. The number of nitrogens with one attached hydrogen (secondary N) is 1. The van der Waals surface area contributed by atoms with Crippen LogP contribution in [0.25, 0.3) is 33.1 Å². The van der Waals surface area contributed by atoms with E-state index in [0.717, 1.165) is 0 Å². The van der Waals surface area contributed by atoms with E-state index >= 15 is 0 Å². The van der Waals surface area contributed by atoms with Crippen molar-refractivity contribution in [3.63, 3.8) is 0 Å². The predicted octanol–water partition coefficient (Wildman–Crippen LogP) is 4.87. The van der Waals surface area contributed by atoms with Gasteiger partial charge in [0.1, 0.15) is 5.82 Å². The Morgan fingerprint density at radius 3 is 2.79 bits per heavy atom. The second-order valence-corrected chi connectivity index (χ2v) is 5.79. The second-order valence-electron chi connectivity index (χ2n) is 5.39. The Kier molecular flexibility index (Phi) is 3.25. The normalized spacial score (nSPS) is 11.2. The van der Waals surface area contributed by atoms with Crippen molar-refractivity contribution in [2.45, 2.75) is 0 Å². The van der Waals surface area contributed by atoms with Crippen LogP contribution in [0.2, 0.25) is 5.02 Å². The van der Waals surface area contributed by atoms with Crippen molar-refractivity contribution in [1.82, 2.24) is 9.97 Å². The van der Waals surface area contributed by atoms with E-state index in [1.807, 2.05) is 0 Å². The molecule has 0 aliphatic carbocycles. The first-order valence-corrected chi connectivity index (χ1v) is 7.52. The summed E-state index contributed by atoms with van der Waals surface area (Å²) >= 11 is 6.06. The summed E-state index contributed by atoms with van der Waals surface area (Å²) in [6, 6.07) is 11.0. The predicted molar refractivity (Wildman–Crippen MR) is 91.0 cm³/mol. The molecule has 0 radical (unpaired) electrons. The molecule has 0 unspecified atom stereocenters. The molecule has 6 heteroatoms. The fourth-order valence-electron chi connectivity index (χ4n) is 2.86. The minimum absolute atomic E-state index is 0.194. The summed E-state index contributed by atoms with van der Waals surface area (Å²) < 4.78 is 13.7. The van der Waals surface area contributed by atoms with E-state index in [0.29, 0.717) is 38.1 Å². The van der Waals surface area contributed by atoms with E-state index in [9.17, 15) is 14.3 Å². The average Bonchev–Trinajstić information content (AvgIpc) is 2.97. The van der Waals surface area contributed by atoms with Gasteiger partial charge in [0, 0.05) is 22.5 Å². The van der Waals surface area contributed by atoms with Crippen LogP contribution in [0.1, 0.15) is 10.4 Å². The van der Waals surface area contributed by atoms with Crippen molar-refractivity contribution in [2.75, 3.05) is 0 Å². The molecule has 0 saturated carbocycles. The van der Waals surface area contributed by atoms with Gasteiger partial charge in [0.25, 0.3) is 0 Å². The van der Waals surface area contributed by atoms with Gasteiger partial charge in [-0.3, -0.25) is 0 Å². The quantitative estimate of drug-likeness (QED) is 0.547. The van der Waals surface area contributed by atoms with Crippen LogP contribution in [0, 0.1) is 5.82 Å². The number of carbonyl (C=O) groups is 1. The first-order valence-electron chi connectivity index (χ1n) is 7.14. The van der Waals surface area contributed by atoms with Crippen LogP contribution >= 0.6 is 11.6 Å². The summed E-state index contributed by atoms with van der Waals surface area (Å²) in [4.78, 5) is 18.8. The molecule has 4 nitrogen and oxygen atoms in total. The zero-order valence-electron chi connectivity index (χ0n) is 12.2. The highest BCUT2D eigenvalue weighted by Gasteiger charge is 2.14. The summed E-state index contributed by atoms with van der Waals surface area (Å²) in [5, 5.41) is 10.7. The van der Waals surface area contributed by atoms with Gasteiger partial charge in [0.05, 0.1) is 27.3 Å². The molecule has 118 valence electrons. The van der Waals surface area contributed by atoms with E-state index in [1.54, 1.807) is 30.5 Å². The van der Waals surface area contributed by atoms with Gasteiger partial charge in [-0.15, -0.1) is 0 Å². The fraction of sp³-hybridized carbons (Fsp3) is 0. The smallest absolute Gasteiger partial charge is 0.336 e. The highest BCUT2D eigenvalue weighted by molar-refractivity contribution is 6.35. The van der Waals surface area contributed by atoms with E-state index in [4.69, 9.17) is 11.6 Å². The summed E-state index contributed by atoms with van der Waals surface area (Å²) in [7, 11) is 0. The number of nitrogens with zero attached hydrogens (tertiary/aromatic N) is 1. The number of hydrogen-bond donors (Lipinski definition) is 2. The Balaban J connectivity index is 1.96. The van der Waals surface area contributed by atoms with Gasteiger partial charge < -0.3 is 10.1 Å². The van der Waals surface area contributed by atoms with Crippen molar-refractivity contribution >= 4 is 39.4 Å². The summed E-state index contributed by atoms with van der Waals surface area (Å²) in [6.07, 6.45) is 1.71. The highest BCUT2D eigenvalue weighted by Crippen LogP contribution is 2.33. The lowest BCUT2D eigenvalue weighted by Gasteiger charge is -2.05. The van der Waals surface area contributed by atoms with Gasteiger partial charge in [-0.2, -0.15) is 0 Å². The van der Waals surface area contributed by atoms with Crippen LogP contribution in [0.4, 0.5) is 4.39 Å². The number of aromatic nitrogens is 2. The minimum Gasteiger partial charge on any atom is -0.478 e. The molecule has 4 rings (SSSR count). The minimum atomic E-state index is -1.00. The lowest BCUT2D eigenvalue weighted by atomic mass is 10.1. The maximum atomic E-state index is 13.7. The summed E-state index contributed by atoms with van der Waals surface area (Å²) in [5.74, 6) is -1.43. The lowest BCUT2D eigenvalue weighted by molar-refractivity contribution is 0.0699. The zero-order chi connectivity index (χ0) is 16.8. The fourth-order valence-corrected chi connectivity index (χ4v) is 3.12. The summed E-state index contributed by atoms with van der Waals surface area (Å²) in [5.41, 5.74) is 2.70. The molecule has 2 aromatic carbocycles. The largest absolute Gasteiger partial charge is 0.478 e. The van der Waals surface area contributed by atoms with Gasteiger partial charge in [0.15, 0.2) is 0 Å². The number of H-pyrrole nitrogens is 1. The first-order chi connectivity index (χ1) is 11.5. The Morgan fingerprint density at radius 2 is 2.00 bits per heavy atom. The molecule has 0 fully saturated rings. The molecule has 2 aromatic heterocycles. The third-order valence-corrected chi connectivity index (χ3v) is 4.24. The van der Waals surface area contributed by atoms with Crippen molar-refractivity contribution in [2.24, 2.45) is 0 Å². The van der Waals surface area contributed by atoms with Crippen LogP contribution < -0.4 is 0 Å². The molecule has 0 aliphatic rings. The third-order valence-electron chi connectivity index (χ3n) is 3.94. The highest BCUT2D eigenvalue weighted by atomic mass is 35.5. The van der Waals surface area contributed by atoms with Crippen LogP contribution in [0.3, 0.4) is 0 Å². The number of hydrogen-bond acceptors (Lipinski definition) is 2. The molecule has 0 aliphatic heterocycles. The molecule has 0 spiro atoms. The monoisotopic (exact) mass is 340 g/mol. The molecule has 2 N–H and O–H groups in total. The van der Waals surface area contributed by atoms with Crippen LogP contribution in [-0.4, -0.2) is 21.0 Å². The summed E-state index contributed by atoms with van der Waals surface area (Å²) in [6.45, 7) is 0. The SMILES string of the molecule is O=C(O)c1cccc2nc(-c3c[nH]c4c(Cl)cc(F)cc34)ccc12. The number of halogens is 2. The Morgan fingerprint density at radius 1 is 1.17 bits per heavy atom. The standard InChI is InChI=1S/C18H10ClFN2O2/c19-14-7-9(20)6-12-13(8-21-17(12)14)16-5-4-10-11(18(23)24)2-1-3-15(10)22-16/h1-8,21H,(H,23,24). The average molecular weight is 341 g/mol. The van der Waals surface area contributed by atoms with Crippen molar-refractivity contribution in [3.05, 3.63) is 65.1 Å². The number of carboxylic acids is 1. The van der Waals surface area contributed by atoms with Gasteiger partial charge in [0.2, 0.25) is 0 Å². The molecule has 0 atom stereocenters. The third kappa shape index (κ3) is 2.21. The Bertz CT molecular complexity index is 1120. The van der Waals surface area contributed by atoms with Gasteiger partial charge in [-0.05, 0) is 36.4 Å². The van der Waals surface area contributed by atoms with Gasteiger partial charge in [-0.25, -0.2) is 14.2 Å². The molecule has 0 bridgehead atoms.